The first kappa shape index (κ1) is 20.8. The standard InChI is InChI=1S/C21H23N3O4S2/c1-14-12-19(28-22-14)20-13-21(16(3)29-20)30(26,27)24-10-8-23(9-11-24)18-6-4-17(5-7-18)15(2)25/h4-7,12-13H,8-11H2,1-3H3. The Bertz CT molecular complexity index is 1170. The molecule has 0 atom stereocenters. The van der Waals surface area contributed by atoms with Crippen LogP contribution < -0.4 is 4.90 Å². The molecular formula is C21H23N3O4S2. The van der Waals surface area contributed by atoms with Crippen molar-refractivity contribution in [3.63, 3.8) is 0 Å². The van der Waals surface area contributed by atoms with E-state index in [0.29, 0.717) is 42.4 Å². The van der Waals surface area contributed by atoms with Gasteiger partial charge in [0.2, 0.25) is 10.0 Å². The van der Waals surface area contributed by atoms with Gasteiger partial charge < -0.3 is 9.42 Å². The van der Waals surface area contributed by atoms with Crippen molar-refractivity contribution >= 4 is 32.8 Å². The molecule has 1 saturated heterocycles. The molecule has 0 radical (unpaired) electrons. The lowest BCUT2D eigenvalue weighted by molar-refractivity contribution is 0.101. The zero-order valence-electron chi connectivity index (χ0n) is 17.1. The molecule has 1 aliphatic rings. The number of piperazine rings is 1. The maximum atomic E-state index is 13.3. The molecule has 2 aromatic heterocycles. The fourth-order valence-electron chi connectivity index (χ4n) is 3.56. The van der Waals surface area contributed by atoms with Crippen LogP contribution in [0.15, 0.2) is 45.8 Å². The van der Waals surface area contributed by atoms with Crippen LogP contribution in [0.5, 0.6) is 0 Å². The first-order chi connectivity index (χ1) is 14.3. The monoisotopic (exact) mass is 445 g/mol. The SMILES string of the molecule is CC(=O)c1ccc(N2CCN(S(=O)(=O)c3cc(-c4cc(C)no4)sc3C)CC2)cc1. The van der Waals surface area contributed by atoms with E-state index in [1.54, 1.807) is 19.1 Å². The van der Waals surface area contributed by atoms with Crippen LogP contribution in [0.25, 0.3) is 10.6 Å². The first-order valence-corrected chi connectivity index (χ1v) is 11.9. The highest BCUT2D eigenvalue weighted by atomic mass is 32.2. The van der Waals surface area contributed by atoms with Crippen molar-refractivity contribution in [3.8, 4) is 10.6 Å². The van der Waals surface area contributed by atoms with E-state index in [-0.39, 0.29) is 5.78 Å². The van der Waals surface area contributed by atoms with Gasteiger partial charge in [-0.15, -0.1) is 11.3 Å². The third kappa shape index (κ3) is 3.92. The molecule has 3 heterocycles. The maximum Gasteiger partial charge on any atom is 0.244 e. The van der Waals surface area contributed by atoms with E-state index in [4.69, 9.17) is 4.52 Å². The van der Waals surface area contributed by atoms with E-state index < -0.39 is 10.0 Å². The first-order valence-electron chi connectivity index (χ1n) is 9.66. The van der Waals surface area contributed by atoms with Crippen LogP contribution in [0.1, 0.15) is 27.9 Å². The summed E-state index contributed by atoms with van der Waals surface area (Å²) in [4.78, 5) is 15.4. The van der Waals surface area contributed by atoms with Crippen molar-refractivity contribution in [1.29, 1.82) is 0 Å². The summed E-state index contributed by atoms with van der Waals surface area (Å²) in [5.41, 5.74) is 2.42. The molecule has 1 fully saturated rings. The molecule has 0 spiro atoms. The molecule has 0 amide bonds. The summed E-state index contributed by atoms with van der Waals surface area (Å²) >= 11 is 1.40. The molecule has 0 N–H and O–H groups in total. The van der Waals surface area contributed by atoms with Crippen LogP contribution in [0.4, 0.5) is 5.69 Å². The van der Waals surface area contributed by atoms with Crippen LogP contribution in [-0.4, -0.2) is 49.8 Å². The second-order valence-electron chi connectivity index (χ2n) is 7.36. The molecule has 0 unspecified atom stereocenters. The van der Waals surface area contributed by atoms with Crippen LogP contribution in [0, 0.1) is 13.8 Å². The smallest absolute Gasteiger partial charge is 0.244 e. The molecule has 7 nitrogen and oxygen atoms in total. The second kappa shape index (κ2) is 7.98. The molecule has 9 heteroatoms. The summed E-state index contributed by atoms with van der Waals surface area (Å²) in [6.45, 7) is 7.19. The highest BCUT2D eigenvalue weighted by Gasteiger charge is 2.31. The average molecular weight is 446 g/mol. The number of ketones is 1. The summed E-state index contributed by atoms with van der Waals surface area (Å²) in [7, 11) is -3.59. The molecule has 1 aliphatic heterocycles. The van der Waals surface area contributed by atoms with Crippen LogP contribution >= 0.6 is 11.3 Å². The average Bonchev–Trinajstić information content (AvgIpc) is 3.34. The number of rotatable bonds is 5. The van der Waals surface area contributed by atoms with Gasteiger partial charge in [-0.1, -0.05) is 5.16 Å². The lowest BCUT2D eigenvalue weighted by Gasteiger charge is -2.35. The Morgan fingerprint density at radius 2 is 1.73 bits per heavy atom. The van der Waals surface area contributed by atoms with E-state index in [0.717, 1.165) is 21.1 Å². The number of thiophene rings is 1. The Kier molecular flexibility index (Phi) is 5.52. The Morgan fingerprint density at radius 1 is 1.07 bits per heavy atom. The Labute approximate surface area is 180 Å². The summed E-state index contributed by atoms with van der Waals surface area (Å²) in [6.07, 6.45) is 0. The van der Waals surface area contributed by atoms with Gasteiger partial charge in [0.1, 0.15) is 0 Å². The fourth-order valence-corrected chi connectivity index (χ4v) is 6.49. The third-order valence-corrected chi connectivity index (χ3v) is 8.46. The highest BCUT2D eigenvalue weighted by molar-refractivity contribution is 7.89. The zero-order chi connectivity index (χ0) is 21.5. The van der Waals surface area contributed by atoms with Crippen molar-refractivity contribution in [3.05, 3.63) is 52.5 Å². The number of nitrogens with zero attached hydrogens (tertiary/aromatic N) is 3. The van der Waals surface area contributed by atoms with Gasteiger partial charge in [-0.2, -0.15) is 4.31 Å². The van der Waals surface area contributed by atoms with Crippen molar-refractivity contribution in [1.82, 2.24) is 9.46 Å². The van der Waals surface area contributed by atoms with Gasteiger partial charge in [0, 0.05) is 48.4 Å². The Balaban J connectivity index is 1.49. The van der Waals surface area contributed by atoms with Gasteiger partial charge in [0.05, 0.1) is 15.5 Å². The maximum absolute atomic E-state index is 13.3. The largest absolute Gasteiger partial charge is 0.369 e. The van der Waals surface area contributed by atoms with Gasteiger partial charge in [-0.05, 0) is 51.1 Å². The fraction of sp³-hybridized carbons (Fsp3) is 0.333. The molecule has 4 rings (SSSR count). The molecular weight excluding hydrogens is 422 g/mol. The minimum atomic E-state index is -3.59. The van der Waals surface area contributed by atoms with Gasteiger partial charge in [-0.25, -0.2) is 8.42 Å². The van der Waals surface area contributed by atoms with E-state index in [1.807, 2.05) is 38.1 Å². The number of anilines is 1. The van der Waals surface area contributed by atoms with Gasteiger partial charge in [0.15, 0.2) is 11.5 Å². The summed E-state index contributed by atoms with van der Waals surface area (Å²) in [5.74, 6) is 0.615. The number of carbonyl (C=O) groups excluding carboxylic acids is 1. The van der Waals surface area contributed by atoms with Crippen LogP contribution in [-0.2, 0) is 10.0 Å². The van der Waals surface area contributed by atoms with Crippen molar-refractivity contribution in [2.45, 2.75) is 25.7 Å². The lowest BCUT2D eigenvalue weighted by atomic mass is 10.1. The highest BCUT2D eigenvalue weighted by Crippen LogP contribution is 2.35. The zero-order valence-corrected chi connectivity index (χ0v) is 18.7. The lowest BCUT2D eigenvalue weighted by Crippen LogP contribution is -2.48. The summed E-state index contributed by atoms with van der Waals surface area (Å²) < 4.78 is 33.3. The number of hydrogen-bond donors (Lipinski definition) is 0. The minimum absolute atomic E-state index is 0.0310. The number of aromatic nitrogens is 1. The molecule has 0 aliphatic carbocycles. The van der Waals surface area contributed by atoms with E-state index in [2.05, 4.69) is 10.1 Å². The Morgan fingerprint density at radius 3 is 2.30 bits per heavy atom. The van der Waals surface area contributed by atoms with Crippen molar-refractivity contribution in [2.24, 2.45) is 0 Å². The van der Waals surface area contributed by atoms with E-state index in [9.17, 15) is 13.2 Å². The third-order valence-electron chi connectivity index (χ3n) is 5.24. The second-order valence-corrected chi connectivity index (χ2v) is 10.5. The van der Waals surface area contributed by atoms with E-state index in [1.165, 1.54) is 15.6 Å². The van der Waals surface area contributed by atoms with Crippen LogP contribution in [0.3, 0.4) is 0 Å². The molecule has 30 heavy (non-hydrogen) atoms. The number of carbonyl (C=O) groups is 1. The van der Waals surface area contributed by atoms with Gasteiger partial charge in [-0.3, -0.25) is 4.79 Å². The predicted molar refractivity (Wildman–Crippen MR) is 117 cm³/mol. The molecule has 1 aromatic carbocycles. The van der Waals surface area contributed by atoms with E-state index >= 15 is 0 Å². The van der Waals surface area contributed by atoms with Crippen molar-refractivity contribution < 1.29 is 17.7 Å². The molecule has 3 aromatic rings. The minimum Gasteiger partial charge on any atom is -0.369 e. The normalized spacial score (nSPS) is 15.5. The number of sulfonamides is 1. The number of Topliss-reactive ketones (excluding diaryl/α,β-unsaturated/α-hetero) is 1. The number of aryl methyl sites for hydroxylation is 2. The quantitative estimate of drug-likeness (QED) is 0.557. The van der Waals surface area contributed by atoms with Gasteiger partial charge in [0.25, 0.3) is 0 Å². The number of hydrogen-bond acceptors (Lipinski definition) is 7. The van der Waals surface area contributed by atoms with Crippen molar-refractivity contribution in [2.75, 3.05) is 31.1 Å². The Hall–Kier alpha value is -2.49. The molecule has 158 valence electrons. The topological polar surface area (TPSA) is 83.7 Å². The van der Waals surface area contributed by atoms with Gasteiger partial charge >= 0.3 is 0 Å². The summed E-state index contributed by atoms with van der Waals surface area (Å²) in [6, 6.07) is 10.9. The number of benzene rings is 1. The molecule has 0 saturated carbocycles. The molecule has 0 bridgehead atoms. The predicted octanol–water partition coefficient (Wildman–Crippen LogP) is 3.73. The van der Waals surface area contributed by atoms with Crippen LogP contribution in [0.2, 0.25) is 0 Å². The summed E-state index contributed by atoms with van der Waals surface area (Å²) in [5, 5.41) is 3.88.